The van der Waals surface area contributed by atoms with Crippen molar-refractivity contribution in [3.05, 3.63) is 34.6 Å². The van der Waals surface area contributed by atoms with Gasteiger partial charge in [-0.1, -0.05) is 24.6 Å². The maximum absolute atomic E-state index is 12.8. The first-order valence-corrected chi connectivity index (χ1v) is 6.17. The van der Waals surface area contributed by atoms with Gasteiger partial charge in [0.15, 0.2) is 0 Å². The smallest absolute Gasteiger partial charge is 0.223 e. The van der Waals surface area contributed by atoms with Crippen LogP contribution in [0.15, 0.2) is 18.2 Å². The van der Waals surface area contributed by atoms with Gasteiger partial charge in [-0.3, -0.25) is 4.79 Å². The minimum atomic E-state index is -0.338. The standard InChI is InChI=1S/C13H15ClFNO/c1-8-6-11(8)13(17)16-5-4-9-2-3-10(15)7-12(9)14/h2-3,7-8,11H,4-6H2,1H3,(H,16,17)/t8-,11+/m1/s1. The van der Waals surface area contributed by atoms with Crippen LogP contribution in [0.3, 0.4) is 0 Å². The molecule has 1 amide bonds. The summed E-state index contributed by atoms with van der Waals surface area (Å²) in [7, 11) is 0. The molecule has 17 heavy (non-hydrogen) atoms. The zero-order valence-electron chi connectivity index (χ0n) is 9.67. The van der Waals surface area contributed by atoms with Crippen LogP contribution in [0.1, 0.15) is 18.9 Å². The Bertz CT molecular complexity index is 435. The predicted octanol–water partition coefficient (Wildman–Crippen LogP) is 2.79. The van der Waals surface area contributed by atoms with E-state index in [1.54, 1.807) is 6.07 Å². The molecule has 0 spiro atoms. The first-order valence-electron chi connectivity index (χ1n) is 5.79. The zero-order valence-corrected chi connectivity index (χ0v) is 10.4. The van der Waals surface area contributed by atoms with Gasteiger partial charge in [-0.05, 0) is 36.5 Å². The molecule has 0 saturated heterocycles. The summed E-state index contributed by atoms with van der Waals surface area (Å²) in [6.45, 7) is 2.62. The van der Waals surface area contributed by atoms with Crippen molar-refractivity contribution in [3.8, 4) is 0 Å². The third-order valence-corrected chi connectivity index (χ3v) is 3.51. The van der Waals surface area contributed by atoms with Crippen molar-refractivity contribution < 1.29 is 9.18 Å². The van der Waals surface area contributed by atoms with E-state index in [9.17, 15) is 9.18 Å². The van der Waals surface area contributed by atoms with Crippen LogP contribution >= 0.6 is 11.6 Å². The van der Waals surface area contributed by atoms with E-state index in [4.69, 9.17) is 11.6 Å². The number of hydrogen-bond donors (Lipinski definition) is 1. The second-order valence-corrected chi connectivity index (χ2v) is 5.00. The quantitative estimate of drug-likeness (QED) is 0.881. The minimum absolute atomic E-state index is 0.121. The molecule has 4 heteroatoms. The van der Waals surface area contributed by atoms with Crippen molar-refractivity contribution in [2.75, 3.05) is 6.54 Å². The number of benzene rings is 1. The van der Waals surface area contributed by atoms with Gasteiger partial charge >= 0.3 is 0 Å². The average Bonchev–Trinajstić information content (AvgIpc) is 2.99. The first kappa shape index (κ1) is 12.4. The number of hydrogen-bond acceptors (Lipinski definition) is 1. The molecule has 1 fully saturated rings. The SMILES string of the molecule is C[C@@H]1C[C@@H]1C(=O)NCCc1ccc(F)cc1Cl. The molecule has 0 heterocycles. The normalized spacial score (nSPS) is 22.3. The van der Waals surface area contributed by atoms with Gasteiger partial charge in [0.1, 0.15) is 5.82 Å². The fraction of sp³-hybridized carbons (Fsp3) is 0.462. The van der Waals surface area contributed by atoms with Gasteiger partial charge in [-0.25, -0.2) is 4.39 Å². The van der Waals surface area contributed by atoms with Crippen LogP contribution in [0.25, 0.3) is 0 Å². The Labute approximate surface area is 105 Å². The molecular weight excluding hydrogens is 241 g/mol. The van der Waals surface area contributed by atoms with Gasteiger partial charge < -0.3 is 5.32 Å². The number of carbonyl (C=O) groups is 1. The Hall–Kier alpha value is -1.09. The Morgan fingerprint density at radius 3 is 2.88 bits per heavy atom. The summed E-state index contributed by atoms with van der Waals surface area (Å²) in [6, 6.07) is 4.33. The van der Waals surface area contributed by atoms with Crippen molar-refractivity contribution in [2.45, 2.75) is 19.8 Å². The number of amides is 1. The van der Waals surface area contributed by atoms with Gasteiger partial charge in [0.05, 0.1) is 0 Å². The Morgan fingerprint density at radius 2 is 2.29 bits per heavy atom. The van der Waals surface area contributed by atoms with Crippen molar-refractivity contribution in [1.29, 1.82) is 0 Å². The van der Waals surface area contributed by atoms with Gasteiger partial charge in [0.25, 0.3) is 0 Å². The lowest BCUT2D eigenvalue weighted by atomic mass is 10.1. The minimum Gasteiger partial charge on any atom is -0.356 e. The van der Waals surface area contributed by atoms with E-state index in [1.807, 2.05) is 0 Å². The van der Waals surface area contributed by atoms with E-state index in [1.165, 1.54) is 12.1 Å². The molecule has 0 radical (unpaired) electrons. The summed E-state index contributed by atoms with van der Waals surface area (Å²) >= 11 is 5.89. The summed E-state index contributed by atoms with van der Waals surface area (Å²) in [4.78, 5) is 11.5. The van der Waals surface area contributed by atoms with E-state index in [2.05, 4.69) is 12.2 Å². The maximum Gasteiger partial charge on any atom is 0.223 e. The summed E-state index contributed by atoms with van der Waals surface area (Å²) in [5.74, 6) is 0.494. The zero-order chi connectivity index (χ0) is 12.4. The fourth-order valence-corrected chi connectivity index (χ4v) is 2.13. The summed E-state index contributed by atoms with van der Waals surface area (Å²) in [5.41, 5.74) is 0.859. The second-order valence-electron chi connectivity index (χ2n) is 4.60. The van der Waals surface area contributed by atoms with Crippen LogP contribution in [-0.4, -0.2) is 12.5 Å². The molecule has 1 aromatic rings. The van der Waals surface area contributed by atoms with Crippen LogP contribution in [0.2, 0.25) is 5.02 Å². The summed E-state index contributed by atoms with van der Waals surface area (Å²) in [6.07, 6.45) is 1.62. The van der Waals surface area contributed by atoms with Gasteiger partial charge in [-0.2, -0.15) is 0 Å². The fourth-order valence-electron chi connectivity index (χ4n) is 1.86. The van der Waals surface area contributed by atoms with Crippen molar-refractivity contribution in [2.24, 2.45) is 11.8 Å². The molecule has 1 saturated carbocycles. The molecule has 2 rings (SSSR count). The highest BCUT2D eigenvalue weighted by molar-refractivity contribution is 6.31. The van der Waals surface area contributed by atoms with Crippen LogP contribution in [0.5, 0.6) is 0 Å². The molecule has 0 aliphatic heterocycles. The number of nitrogens with one attached hydrogen (secondary N) is 1. The monoisotopic (exact) mass is 255 g/mol. The van der Waals surface area contributed by atoms with Crippen LogP contribution in [0.4, 0.5) is 4.39 Å². The van der Waals surface area contributed by atoms with Gasteiger partial charge in [0.2, 0.25) is 5.91 Å². The third-order valence-electron chi connectivity index (χ3n) is 3.15. The molecule has 1 aromatic carbocycles. The lowest BCUT2D eigenvalue weighted by molar-refractivity contribution is -0.122. The summed E-state index contributed by atoms with van der Waals surface area (Å²) < 4.78 is 12.8. The van der Waals surface area contributed by atoms with Gasteiger partial charge in [-0.15, -0.1) is 0 Å². The first-order chi connectivity index (χ1) is 8.08. The van der Waals surface area contributed by atoms with E-state index >= 15 is 0 Å². The topological polar surface area (TPSA) is 29.1 Å². The average molecular weight is 256 g/mol. The Balaban J connectivity index is 1.80. The molecule has 0 bridgehead atoms. The van der Waals surface area contributed by atoms with E-state index in [-0.39, 0.29) is 17.6 Å². The lowest BCUT2D eigenvalue weighted by Gasteiger charge is -2.06. The third kappa shape index (κ3) is 3.19. The molecular formula is C13H15ClFNO. The maximum atomic E-state index is 12.8. The highest BCUT2D eigenvalue weighted by atomic mass is 35.5. The molecule has 1 aliphatic rings. The number of rotatable bonds is 4. The number of carbonyl (C=O) groups excluding carboxylic acids is 1. The van der Waals surface area contributed by atoms with E-state index in [0.717, 1.165) is 12.0 Å². The largest absolute Gasteiger partial charge is 0.356 e. The molecule has 0 unspecified atom stereocenters. The molecule has 1 aliphatic carbocycles. The Morgan fingerprint density at radius 1 is 1.59 bits per heavy atom. The van der Waals surface area contributed by atoms with E-state index in [0.29, 0.717) is 23.9 Å². The predicted molar refractivity (Wildman–Crippen MR) is 65.4 cm³/mol. The Kier molecular flexibility index (Phi) is 3.67. The lowest BCUT2D eigenvalue weighted by Crippen LogP contribution is -2.27. The van der Waals surface area contributed by atoms with Gasteiger partial charge in [0, 0.05) is 17.5 Å². The highest BCUT2D eigenvalue weighted by Crippen LogP contribution is 2.37. The van der Waals surface area contributed by atoms with Crippen molar-refractivity contribution in [1.82, 2.24) is 5.32 Å². The van der Waals surface area contributed by atoms with Crippen molar-refractivity contribution in [3.63, 3.8) is 0 Å². The van der Waals surface area contributed by atoms with E-state index < -0.39 is 0 Å². The second kappa shape index (κ2) is 5.05. The number of halogens is 2. The molecule has 2 atom stereocenters. The molecule has 0 aromatic heterocycles. The van der Waals surface area contributed by atoms with Crippen molar-refractivity contribution >= 4 is 17.5 Å². The molecule has 1 N–H and O–H groups in total. The van der Waals surface area contributed by atoms with Crippen LogP contribution in [0, 0.1) is 17.7 Å². The molecule has 2 nitrogen and oxygen atoms in total. The highest BCUT2D eigenvalue weighted by Gasteiger charge is 2.38. The van der Waals surface area contributed by atoms with Crippen LogP contribution in [-0.2, 0) is 11.2 Å². The van der Waals surface area contributed by atoms with Crippen LogP contribution < -0.4 is 5.32 Å². The molecule has 92 valence electrons. The summed E-state index contributed by atoms with van der Waals surface area (Å²) in [5, 5.41) is 3.29.